The van der Waals surface area contributed by atoms with E-state index in [9.17, 15) is 9.18 Å². The van der Waals surface area contributed by atoms with E-state index in [2.05, 4.69) is 20.9 Å². The summed E-state index contributed by atoms with van der Waals surface area (Å²) in [5, 5.41) is 0.745. The molecule has 1 heterocycles. The molecule has 0 aliphatic carbocycles. The molecule has 1 fully saturated rings. The average molecular weight is 491 g/mol. The fourth-order valence-corrected chi connectivity index (χ4v) is 4.61. The second kappa shape index (κ2) is 9.79. The number of halogens is 2. The number of carbonyl (C=O) groups excluding carboxylic acids is 1. The van der Waals surface area contributed by atoms with E-state index in [4.69, 9.17) is 4.74 Å². The topological polar surface area (TPSA) is 41.9 Å². The van der Waals surface area contributed by atoms with Gasteiger partial charge in [-0.1, -0.05) is 18.2 Å². The summed E-state index contributed by atoms with van der Waals surface area (Å²) in [6.07, 6.45) is 1.87. The molecule has 0 unspecified atom stereocenters. The molecule has 158 valence electrons. The van der Waals surface area contributed by atoms with Gasteiger partial charge in [-0.15, -0.1) is 0 Å². The molecule has 3 rings (SSSR count). The monoisotopic (exact) mass is 490 g/mol. The van der Waals surface area contributed by atoms with Crippen LogP contribution in [0.5, 0.6) is 5.75 Å². The molecule has 0 spiro atoms. The van der Waals surface area contributed by atoms with Crippen molar-refractivity contribution in [2.45, 2.75) is 46.4 Å². The first kappa shape index (κ1) is 22.6. The maximum atomic E-state index is 13.0. The SMILES string of the molecule is CC(C)N=C1S/C(=C/c2ccc(OCc3ccc(F)cc3)c(Br)c2)C(=O)N1C(C)C. The summed E-state index contributed by atoms with van der Waals surface area (Å²) in [7, 11) is 0. The minimum absolute atomic E-state index is 0.0258. The van der Waals surface area contributed by atoms with Gasteiger partial charge in [0, 0.05) is 12.1 Å². The van der Waals surface area contributed by atoms with E-state index in [1.165, 1.54) is 23.9 Å². The molecule has 1 aliphatic rings. The van der Waals surface area contributed by atoms with Gasteiger partial charge in [-0.2, -0.15) is 0 Å². The number of aliphatic imine (C=N–C) groups is 1. The van der Waals surface area contributed by atoms with Crippen LogP contribution >= 0.6 is 27.7 Å². The van der Waals surface area contributed by atoms with E-state index in [0.717, 1.165) is 20.8 Å². The molecule has 30 heavy (non-hydrogen) atoms. The number of rotatable bonds is 6. The van der Waals surface area contributed by atoms with Crippen molar-refractivity contribution in [2.75, 3.05) is 0 Å². The van der Waals surface area contributed by atoms with Crippen LogP contribution in [0, 0.1) is 5.82 Å². The summed E-state index contributed by atoms with van der Waals surface area (Å²) in [5.74, 6) is 0.384. The Morgan fingerprint density at radius 1 is 1.17 bits per heavy atom. The van der Waals surface area contributed by atoms with Crippen molar-refractivity contribution in [1.29, 1.82) is 0 Å². The molecule has 1 aliphatic heterocycles. The average Bonchev–Trinajstić information content (AvgIpc) is 2.96. The first-order valence-electron chi connectivity index (χ1n) is 9.72. The van der Waals surface area contributed by atoms with Crippen molar-refractivity contribution >= 4 is 44.8 Å². The number of amidine groups is 1. The molecule has 0 aromatic heterocycles. The van der Waals surface area contributed by atoms with E-state index >= 15 is 0 Å². The number of thioether (sulfide) groups is 1. The van der Waals surface area contributed by atoms with Crippen LogP contribution in [0.25, 0.3) is 6.08 Å². The second-order valence-corrected chi connectivity index (χ2v) is 9.35. The zero-order valence-corrected chi connectivity index (χ0v) is 19.8. The Morgan fingerprint density at radius 3 is 2.47 bits per heavy atom. The van der Waals surface area contributed by atoms with E-state index in [1.54, 1.807) is 17.0 Å². The van der Waals surface area contributed by atoms with Crippen molar-refractivity contribution in [1.82, 2.24) is 4.90 Å². The fraction of sp³-hybridized carbons (Fsp3) is 0.304. The van der Waals surface area contributed by atoms with Gasteiger partial charge in [0.2, 0.25) is 0 Å². The summed E-state index contributed by atoms with van der Waals surface area (Å²) in [5.41, 5.74) is 1.77. The Morgan fingerprint density at radius 2 is 1.87 bits per heavy atom. The third-order valence-electron chi connectivity index (χ3n) is 4.28. The van der Waals surface area contributed by atoms with Gasteiger partial charge >= 0.3 is 0 Å². The lowest BCUT2D eigenvalue weighted by Crippen LogP contribution is -2.35. The van der Waals surface area contributed by atoms with Crippen LogP contribution < -0.4 is 4.74 Å². The number of hydrogen-bond donors (Lipinski definition) is 0. The molecule has 0 radical (unpaired) electrons. The number of hydrogen-bond acceptors (Lipinski definition) is 4. The minimum atomic E-state index is -0.269. The molecule has 2 aromatic carbocycles. The maximum absolute atomic E-state index is 13.0. The van der Waals surface area contributed by atoms with Crippen LogP contribution in [0.15, 0.2) is 56.8 Å². The first-order valence-corrected chi connectivity index (χ1v) is 11.3. The molecule has 2 aromatic rings. The summed E-state index contributed by atoms with van der Waals surface area (Å²) < 4.78 is 19.6. The van der Waals surface area contributed by atoms with Crippen molar-refractivity contribution in [3.63, 3.8) is 0 Å². The Kier molecular flexibility index (Phi) is 7.36. The standard InChI is InChI=1S/C23H24BrFN2O2S/c1-14(2)26-23-27(15(3)4)22(28)21(30-23)12-17-7-10-20(19(24)11-17)29-13-16-5-8-18(25)9-6-16/h5-12,14-15H,13H2,1-4H3/b21-12+,26-23?. The van der Waals surface area contributed by atoms with Crippen molar-refractivity contribution < 1.29 is 13.9 Å². The Hall–Kier alpha value is -2.12. The van der Waals surface area contributed by atoms with Crippen molar-refractivity contribution in [2.24, 2.45) is 4.99 Å². The lowest BCUT2D eigenvalue weighted by molar-refractivity contribution is -0.123. The third-order valence-corrected chi connectivity index (χ3v) is 5.90. The van der Waals surface area contributed by atoms with Crippen molar-refractivity contribution in [3.05, 3.63) is 68.8 Å². The predicted octanol–water partition coefficient (Wildman–Crippen LogP) is 6.26. The molecule has 0 atom stereocenters. The first-order chi connectivity index (χ1) is 14.2. The molecular weight excluding hydrogens is 467 g/mol. The molecule has 0 saturated carbocycles. The largest absolute Gasteiger partial charge is 0.488 e. The van der Waals surface area contributed by atoms with Gasteiger partial charge in [-0.3, -0.25) is 14.7 Å². The number of nitrogens with zero attached hydrogens (tertiary/aromatic N) is 2. The van der Waals surface area contributed by atoms with Gasteiger partial charge in [-0.05, 0) is 96.9 Å². The van der Waals surface area contributed by atoms with Gasteiger partial charge in [0.25, 0.3) is 5.91 Å². The molecule has 0 N–H and O–H groups in total. The van der Waals surface area contributed by atoms with E-state index in [0.29, 0.717) is 17.3 Å². The molecule has 1 saturated heterocycles. The van der Waals surface area contributed by atoms with Crippen LogP contribution in [0.3, 0.4) is 0 Å². The van der Waals surface area contributed by atoms with Gasteiger partial charge in [0.05, 0.1) is 9.38 Å². The summed E-state index contributed by atoms with van der Waals surface area (Å²) in [6, 6.07) is 12.1. The van der Waals surface area contributed by atoms with Crippen LogP contribution in [-0.4, -0.2) is 28.1 Å². The van der Waals surface area contributed by atoms with Gasteiger partial charge in [0.15, 0.2) is 5.17 Å². The number of amides is 1. The summed E-state index contributed by atoms with van der Waals surface area (Å²) in [6.45, 7) is 8.31. The maximum Gasteiger partial charge on any atom is 0.266 e. The molecular formula is C23H24BrFN2O2S. The van der Waals surface area contributed by atoms with Crippen LogP contribution in [0.1, 0.15) is 38.8 Å². The van der Waals surface area contributed by atoms with Crippen LogP contribution in [-0.2, 0) is 11.4 Å². The zero-order chi connectivity index (χ0) is 21.8. The van der Waals surface area contributed by atoms with Crippen LogP contribution in [0.2, 0.25) is 0 Å². The second-order valence-electron chi connectivity index (χ2n) is 7.49. The molecule has 4 nitrogen and oxygen atoms in total. The Bertz CT molecular complexity index is 987. The minimum Gasteiger partial charge on any atom is -0.488 e. The molecule has 1 amide bonds. The number of carbonyl (C=O) groups is 1. The Labute approximate surface area is 189 Å². The zero-order valence-electron chi connectivity index (χ0n) is 17.4. The predicted molar refractivity (Wildman–Crippen MR) is 125 cm³/mol. The van der Waals surface area contributed by atoms with Gasteiger partial charge in [0.1, 0.15) is 18.2 Å². The van der Waals surface area contributed by atoms with E-state index in [-0.39, 0.29) is 23.8 Å². The highest BCUT2D eigenvalue weighted by atomic mass is 79.9. The van der Waals surface area contributed by atoms with E-state index in [1.807, 2.05) is 52.0 Å². The lowest BCUT2D eigenvalue weighted by Gasteiger charge is -2.20. The molecule has 0 bridgehead atoms. The number of ether oxygens (including phenoxy) is 1. The fourth-order valence-electron chi connectivity index (χ4n) is 2.87. The smallest absolute Gasteiger partial charge is 0.266 e. The third kappa shape index (κ3) is 5.52. The van der Waals surface area contributed by atoms with Crippen molar-refractivity contribution in [3.8, 4) is 5.75 Å². The van der Waals surface area contributed by atoms with Crippen LogP contribution in [0.4, 0.5) is 4.39 Å². The van der Waals surface area contributed by atoms with Gasteiger partial charge in [-0.25, -0.2) is 4.39 Å². The highest BCUT2D eigenvalue weighted by Crippen LogP contribution is 2.35. The normalized spacial score (nSPS) is 17.1. The summed E-state index contributed by atoms with van der Waals surface area (Å²) >= 11 is 4.94. The summed E-state index contributed by atoms with van der Waals surface area (Å²) in [4.78, 5) is 19.9. The highest BCUT2D eigenvalue weighted by Gasteiger charge is 2.35. The molecule has 7 heteroatoms. The Balaban J connectivity index is 1.76. The highest BCUT2D eigenvalue weighted by molar-refractivity contribution is 9.10. The van der Waals surface area contributed by atoms with E-state index < -0.39 is 0 Å². The number of benzene rings is 2. The van der Waals surface area contributed by atoms with Gasteiger partial charge < -0.3 is 4.74 Å². The lowest BCUT2D eigenvalue weighted by atomic mass is 10.2. The quantitative estimate of drug-likeness (QED) is 0.448.